The van der Waals surface area contributed by atoms with Crippen LogP contribution in [0.2, 0.25) is 0 Å². The molecule has 0 fully saturated rings. The van der Waals surface area contributed by atoms with Gasteiger partial charge in [0.25, 0.3) is 0 Å². The molecule has 3 aromatic rings. The summed E-state index contributed by atoms with van der Waals surface area (Å²) in [6, 6.07) is 16.4. The van der Waals surface area contributed by atoms with Gasteiger partial charge < -0.3 is 10.3 Å². The second-order valence-electron chi connectivity index (χ2n) is 6.34. The molecule has 2 N–H and O–H groups in total. The Balaban J connectivity index is 1.67. The van der Waals surface area contributed by atoms with Crippen molar-refractivity contribution < 1.29 is 4.79 Å². The molecule has 3 rings (SSSR count). The van der Waals surface area contributed by atoms with Crippen molar-refractivity contribution in [3.8, 4) is 0 Å². The van der Waals surface area contributed by atoms with Crippen LogP contribution in [0.5, 0.6) is 0 Å². The minimum absolute atomic E-state index is 0.0159. The third-order valence-corrected chi connectivity index (χ3v) is 4.51. The fraction of sp³-hybridized carbons (Fsp3) is 0.286. The first-order chi connectivity index (χ1) is 11.7. The largest absolute Gasteiger partial charge is 0.361 e. The molecule has 0 aliphatic heterocycles. The van der Waals surface area contributed by atoms with E-state index in [9.17, 15) is 4.79 Å². The van der Waals surface area contributed by atoms with Gasteiger partial charge in [-0.05, 0) is 54.5 Å². The third kappa shape index (κ3) is 3.67. The van der Waals surface area contributed by atoms with Gasteiger partial charge >= 0.3 is 0 Å². The summed E-state index contributed by atoms with van der Waals surface area (Å²) in [5.41, 5.74) is 4.24. The van der Waals surface area contributed by atoms with E-state index in [0.29, 0.717) is 0 Å². The highest BCUT2D eigenvalue weighted by Crippen LogP contribution is 2.21. The lowest BCUT2D eigenvalue weighted by atomic mass is 9.97. The summed E-state index contributed by atoms with van der Waals surface area (Å²) < 4.78 is 0. The van der Waals surface area contributed by atoms with Gasteiger partial charge in [-0.25, -0.2) is 0 Å². The van der Waals surface area contributed by atoms with Crippen molar-refractivity contribution in [3.63, 3.8) is 0 Å². The van der Waals surface area contributed by atoms with E-state index in [1.54, 1.807) is 0 Å². The summed E-state index contributed by atoms with van der Waals surface area (Å²) in [4.78, 5) is 15.7. The second-order valence-corrected chi connectivity index (χ2v) is 6.34. The molecular weight excluding hydrogens is 296 g/mol. The maximum Gasteiger partial charge on any atom is 0.231 e. The summed E-state index contributed by atoms with van der Waals surface area (Å²) in [5, 5.41) is 4.15. The van der Waals surface area contributed by atoms with Crippen molar-refractivity contribution in [2.75, 3.05) is 5.32 Å². The third-order valence-electron chi connectivity index (χ3n) is 4.51. The van der Waals surface area contributed by atoms with Crippen LogP contribution in [-0.4, -0.2) is 10.9 Å². The number of hydrogen-bond donors (Lipinski definition) is 2. The topological polar surface area (TPSA) is 44.9 Å². The summed E-state index contributed by atoms with van der Waals surface area (Å²) >= 11 is 0. The van der Waals surface area contributed by atoms with Crippen LogP contribution in [0.15, 0.2) is 54.7 Å². The monoisotopic (exact) mass is 320 g/mol. The summed E-state index contributed by atoms with van der Waals surface area (Å²) in [7, 11) is 0. The Kier molecular flexibility index (Phi) is 4.99. The molecule has 0 aliphatic carbocycles. The van der Waals surface area contributed by atoms with E-state index in [1.807, 2.05) is 37.4 Å². The fourth-order valence-electron chi connectivity index (χ4n) is 2.88. The van der Waals surface area contributed by atoms with Crippen LogP contribution >= 0.6 is 0 Å². The van der Waals surface area contributed by atoms with Gasteiger partial charge in [0, 0.05) is 17.4 Å². The first-order valence-corrected chi connectivity index (χ1v) is 8.64. The van der Waals surface area contributed by atoms with Gasteiger partial charge in [-0.2, -0.15) is 0 Å². The summed E-state index contributed by atoms with van der Waals surface area (Å²) in [5.74, 6) is -0.160. The van der Waals surface area contributed by atoms with Crippen LogP contribution in [0.4, 0.5) is 5.69 Å². The van der Waals surface area contributed by atoms with E-state index >= 15 is 0 Å². The smallest absolute Gasteiger partial charge is 0.231 e. The summed E-state index contributed by atoms with van der Waals surface area (Å²) in [6.45, 7) is 4.15. The number of hydrogen-bond acceptors (Lipinski definition) is 1. The van der Waals surface area contributed by atoms with Crippen LogP contribution in [0.1, 0.15) is 43.7 Å². The lowest BCUT2D eigenvalue weighted by Gasteiger charge is -2.13. The molecule has 0 spiro atoms. The number of carbonyl (C=O) groups is 1. The predicted molar refractivity (Wildman–Crippen MR) is 100 cm³/mol. The minimum atomic E-state index is -0.176. The van der Waals surface area contributed by atoms with Crippen LogP contribution < -0.4 is 5.32 Å². The molecule has 24 heavy (non-hydrogen) atoms. The minimum Gasteiger partial charge on any atom is -0.361 e. The summed E-state index contributed by atoms with van der Waals surface area (Å²) in [6.07, 6.45) is 5.41. The Hall–Kier alpha value is -2.55. The van der Waals surface area contributed by atoms with Gasteiger partial charge in [0.05, 0.1) is 5.92 Å². The van der Waals surface area contributed by atoms with Gasteiger partial charge in [0.15, 0.2) is 0 Å². The molecule has 2 aromatic carbocycles. The molecule has 3 nitrogen and oxygen atoms in total. The highest BCUT2D eigenvalue weighted by atomic mass is 16.1. The van der Waals surface area contributed by atoms with E-state index in [4.69, 9.17) is 0 Å². The number of H-pyrrole nitrogens is 1. The Morgan fingerprint density at radius 2 is 1.92 bits per heavy atom. The molecule has 3 heteroatoms. The maximum atomic E-state index is 12.5. The Morgan fingerprint density at radius 1 is 1.12 bits per heavy atom. The lowest BCUT2D eigenvalue weighted by molar-refractivity contribution is -0.117. The molecule has 1 aromatic heterocycles. The zero-order chi connectivity index (χ0) is 16.9. The van der Waals surface area contributed by atoms with E-state index in [0.717, 1.165) is 28.6 Å². The van der Waals surface area contributed by atoms with Gasteiger partial charge in [-0.3, -0.25) is 4.79 Å². The number of nitrogens with one attached hydrogen (secondary N) is 2. The number of aromatic amines is 1. The second kappa shape index (κ2) is 7.35. The molecule has 0 aliphatic rings. The molecule has 1 atom stereocenters. The highest BCUT2D eigenvalue weighted by molar-refractivity contribution is 5.97. The normalized spacial score (nSPS) is 12.2. The molecule has 0 bridgehead atoms. The number of benzene rings is 2. The number of fused-ring (bicyclic) bond motifs is 1. The quantitative estimate of drug-likeness (QED) is 0.640. The van der Waals surface area contributed by atoms with Gasteiger partial charge in [-0.15, -0.1) is 0 Å². The Labute approximate surface area is 143 Å². The van der Waals surface area contributed by atoms with Crippen LogP contribution in [0.3, 0.4) is 0 Å². The van der Waals surface area contributed by atoms with Crippen LogP contribution in [0.25, 0.3) is 10.9 Å². The number of amides is 1. The fourth-order valence-corrected chi connectivity index (χ4v) is 2.88. The molecule has 1 amide bonds. The first-order valence-electron chi connectivity index (χ1n) is 8.64. The van der Waals surface area contributed by atoms with Crippen LogP contribution in [0, 0.1) is 0 Å². The van der Waals surface area contributed by atoms with Crippen molar-refractivity contribution in [2.24, 2.45) is 0 Å². The SMILES string of the molecule is CCCCc1ccc(C(C)C(=O)Nc2ccc3cc[nH]c3c2)cc1. The number of aromatic nitrogens is 1. The number of aryl methyl sites for hydroxylation is 1. The molecule has 0 saturated carbocycles. The molecule has 1 unspecified atom stereocenters. The average molecular weight is 320 g/mol. The molecule has 0 radical (unpaired) electrons. The molecule has 124 valence electrons. The molecule has 1 heterocycles. The lowest BCUT2D eigenvalue weighted by Crippen LogP contribution is -2.18. The van der Waals surface area contributed by atoms with Crippen molar-refractivity contribution in [1.82, 2.24) is 4.98 Å². The van der Waals surface area contributed by atoms with E-state index in [2.05, 4.69) is 41.5 Å². The Morgan fingerprint density at radius 3 is 2.67 bits per heavy atom. The first kappa shape index (κ1) is 16.3. The van der Waals surface area contributed by atoms with Crippen molar-refractivity contribution in [1.29, 1.82) is 0 Å². The van der Waals surface area contributed by atoms with Gasteiger partial charge in [0.2, 0.25) is 5.91 Å². The maximum absolute atomic E-state index is 12.5. The van der Waals surface area contributed by atoms with Gasteiger partial charge in [0.1, 0.15) is 0 Å². The van der Waals surface area contributed by atoms with Gasteiger partial charge in [-0.1, -0.05) is 43.7 Å². The standard InChI is InChI=1S/C21H24N2O/c1-3-4-5-16-6-8-17(9-7-16)15(2)21(24)23-19-11-10-18-12-13-22-20(18)14-19/h6-15,22H,3-5H2,1-2H3,(H,23,24). The zero-order valence-corrected chi connectivity index (χ0v) is 14.3. The van der Waals surface area contributed by atoms with Crippen molar-refractivity contribution in [3.05, 3.63) is 65.9 Å². The van der Waals surface area contributed by atoms with E-state index in [1.165, 1.54) is 18.4 Å². The van der Waals surface area contributed by atoms with E-state index < -0.39 is 0 Å². The zero-order valence-electron chi connectivity index (χ0n) is 14.3. The van der Waals surface area contributed by atoms with Crippen molar-refractivity contribution in [2.45, 2.75) is 39.0 Å². The van der Waals surface area contributed by atoms with E-state index in [-0.39, 0.29) is 11.8 Å². The predicted octanol–water partition coefficient (Wildman–Crippen LogP) is 5.25. The number of rotatable bonds is 6. The highest BCUT2D eigenvalue weighted by Gasteiger charge is 2.15. The number of anilines is 1. The number of carbonyl (C=O) groups excluding carboxylic acids is 1. The molecular formula is C21H24N2O. The average Bonchev–Trinajstić information content (AvgIpc) is 3.07. The van der Waals surface area contributed by atoms with Crippen LogP contribution in [-0.2, 0) is 11.2 Å². The Bertz CT molecular complexity index is 817. The number of unbranched alkanes of at least 4 members (excludes halogenated alkanes) is 1. The molecule has 0 saturated heterocycles. The van der Waals surface area contributed by atoms with Crippen molar-refractivity contribution >= 4 is 22.5 Å².